The molecule has 0 aromatic carbocycles. The van der Waals surface area contributed by atoms with E-state index in [0.29, 0.717) is 12.5 Å². The fraction of sp³-hybridized carbons (Fsp3) is 1.00. The summed E-state index contributed by atoms with van der Waals surface area (Å²) in [4.78, 5) is 0. The number of hydrogen-bond acceptors (Lipinski definition) is 3. The quantitative estimate of drug-likeness (QED) is 0.523. The second-order valence-electron chi connectivity index (χ2n) is 4.04. The van der Waals surface area contributed by atoms with Gasteiger partial charge in [-0.3, -0.25) is 5.84 Å². The SMILES string of the molecule is NN1C[C@H]2CCC[C@]2(CO)C1. The molecule has 1 aliphatic heterocycles. The molecule has 11 heavy (non-hydrogen) atoms. The zero-order valence-corrected chi connectivity index (χ0v) is 6.79. The second-order valence-corrected chi connectivity index (χ2v) is 4.04. The summed E-state index contributed by atoms with van der Waals surface area (Å²) in [5, 5.41) is 11.1. The zero-order valence-electron chi connectivity index (χ0n) is 6.79. The third-order valence-electron chi connectivity index (χ3n) is 3.38. The smallest absolute Gasteiger partial charge is 0.0503 e. The number of fused-ring (bicyclic) bond motifs is 1. The van der Waals surface area contributed by atoms with Crippen LogP contribution in [-0.4, -0.2) is 29.8 Å². The normalized spacial score (nSPS) is 44.7. The van der Waals surface area contributed by atoms with Crippen LogP contribution in [0.25, 0.3) is 0 Å². The molecule has 3 N–H and O–H groups in total. The number of aliphatic hydroxyl groups excluding tert-OH is 1. The van der Waals surface area contributed by atoms with Crippen LogP contribution in [0, 0.1) is 11.3 Å². The molecule has 0 amide bonds. The van der Waals surface area contributed by atoms with E-state index in [9.17, 15) is 5.11 Å². The number of hydrazine groups is 1. The van der Waals surface area contributed by atoms with Gasteiger partial charge in [0.05, 0.1) is 6.61 Å². The van der Waals surface area contributed by atoms with E-state index in [4.69, 9.17) is 5.84 Å². The Morgan fingerprint density at radius 1 is 1.64 bits per heavy atom. The average Bonchev–Trinajstić information content (AvgIpc) is 2.43. The summed E-state index contributed by atoms with van der Waals surface area (Å²) < 4.78 is 0. The van der Waals surface area contributed by atoms with E-state index in [1.54, 1.807) is 0 Å². The topological polar surface area (TPSA) is 49.5 Å². The summed E-state index contributed by atoms with van der Waals surface area (Å²) in [6.45, 7) is 2.21. The third kappa shape index (κ3) is 0.991. The first-order valence-electron chi connectivity index (χ1n) is 4.37. The Hall–Kier alpha value is -0.120. The first kappa shape index (κ1) is 7.53. The van der Waals surface area contributed by atoms with Crippen molar-refractivity contribution in [1.82, 2.24) is 5.01 Å². The van der Waals surface area contributed by atoms with Crippen LogP contribution in [0.4, 0.5) is 0 Å². The van der Waals surface area contributed by atoms with Crippen LogP contribution in [0.2, 0.25) is 0 Å². The van der Waals surface area contributed by atoms with Crippen LogP contribution < -0.4 is 5.84 Å². The summed E-state index contributed by atoms with van der Waals surface area (Å²) >= 11 is 0. The lowest BCUT2D eigenvalue weighted by molar-refractivity contribution is 0.112. The Morgan fingerprint density at radius 3 is 3.09 bits per heavy atom. The molecule has 0 spiro atoms. The Labute approximate surface area is 67.1 Å². The Balaban J connectivity index is 2.15. The maximum Gasteiger partial charge on any atom is 0.0503 e. The highest BCUT2D eigenvalue weighted by Gasteiger charge is 2.48. The maximum absolute atomic E-state index is 9.26. The molecular weight excluding hydrogens is 140 g/mol. The average molecular weight is 156 g/mol. The zero-order chi connectivity index (χ0) is 7.90. The van der Waals surface area contributed by atoms with Crippen molar-refractivity contribution in [2.45, 2.75) is 19.3 Å². The molecule has 2 fully saturated rings. The van der Waals surface area contributed by atoms with Crippen molar-refractivity contribution >= 4 is 0 Å². The fourth-order valence-corrected chi connectivity index (χ4v) is 2.71. The Morgan fingerprint density at radius 2 is 2.45 bits per heavy atom. The van der Waals surface area contributed by atoms with Gasteiger partial charge in [-0.25, -0.2) is 5.01 Å². The predicted molar refractivity (Wildman–Crippen MR) is 42.6 cm³/mol. The van der Waals surface area contributed by atoms with Gasteiger partial charge < -0.3 is 5.11 Å². The summed E-state index contributed by atoms with van der Waals surface area (Å²) in [6, 6.07) is 0. The maximum atomic E-state index is 9.26. The molecular formula is C8H16N2O. The second kappa shape index (κ2) is 2.44. The van der Waals surface area contributed by atoms with E-state index < -0.39 is 0 Å². The Bertz CT molecular complexity index is 162. The van der Waals surface area contributed by atoms with Gasteiger partial charge in [0, 0.05) is 18.5 Å². The van der Waals surface area contributed by atoms with Gasteiger partial charge in [-0.1, -0.05) is 6.42 Å². The van der Waals surface area contributed by atoms with Gasteiger partial charge in [-0.05, 0) is 18.8 Å². The lowest BCUT2D eigenvalue weighted by Crippen LogP contribution is -2.33. The van der Waals surface area contributed by atoms with Gasteiger partial charge in [0.25, 0.3) is 0 Å². The van der Waals surface area contributed by atoms with Crippen molar-refractivity contribution in [3.8, 4) is 0 Å². The molecule has 1 saturated carbocycles. The van der Waals surface area contributed by atoms with Crippen LogP contribution >= 0.6 is 0 Å². The first-order chi connectivity index (χ1) is 5.27. The van der Waals surface area contributed by atoms with Gasteiger partial charge >= 0.3 is 0 Å². The summed E-state index contributed by atoms with van der Waals surface area (Å²) in [5.41, 5.74) is 0.175. The van der Waals surface area contributed by atoms with Crippen molar-refractivity contribution in [1.29, 1.82) is 0 Å². The first-order valence-corrected chi connectivity index (χ1v) is 4.37. The summed E-state index contributed by atoms with van der Waals surface area (Å²) in [7, 11) is 0. The van der Waals surface area contributed by atoms with Gasteiger partial charge in [0.1, 0.15) is 0 Å². The number of hydrogen-bond donors (Lipinski definition) is 2. The van der Waals surface area contributed by atoms with Gasteiger partial charge in [-0.15, -0.1) is 0 Å². The fourth-order valence-electron chi connectivity index (χ4n) is 2.71. The molecule has 2 aliphatic rings. The lowest BCUT2D eigenvalue weighted by atomic mass is 9.82. The van der Waals surface area contributed by atoms with Crippen molar-refractivity contribution in [3.63, 3.8) is 0 Å². The minimum Gasteiger partial charge on any atom is -0.396 e. The standard InChI is InChI=1S/C8H16N2O/c9-10-4-7-2-1-3-8(7,5-10)6-11/h7,11H,1-6,9H2/t7-,8-/m1/s1. The highest BCUT2D eigenvalue weighted by molar-refractivity contribution is 4.98. The predicted octanol–water partition coefficient (Wildman–Crippen LogP) is -0.0455. The number of nitrogens with two attached hydrogens (primary N) is 1. The van der Waals surface area contributed by atoms with Crippen molar-refractivity contribution in [2.75, 3.05) is 19.7 Å². The summed E-state index contributed by atoms with van der Waals surface area (Å²) in [6.07, 6.45) is 3.70. The minimum atomic E-state index is 0.175. The molecule has 1 saturated heterocycles. The molecule has 2 atom stereocenters. The van der Waals surface area contributed by atoms with E-state index in [1.807, 2.05) is 5.01 Å². The largest absolute Gasteiger partial charge is 0.396 e. The molecule has 2 rings (SSSR count). The molecule has 0 bridgehead atoms. The highest BCUT2D eigenvalue weighted by Crippen LogP contribution is 2.47. The van der Waals surface area contributed by atoms with Crippen molar-refractivity contribution < 1.29 is 5.11 Å². The molecule has 1 heterocycles. The molecule has 3 nitrogen and oxygen atoms in total. The van der Waals surface area contributed by atoms with Crippen molar-refractivity contribution in [2.24, 2.45) is 17.2 Å². The van der Waals surface area contributed by atoms with E-state index >= 15 is 0 Å². The van der Waals surface area contributed by atoms with E-state index in [2.05, 4.69) is 0 Å². The van der Waals surface area contributed by atoms with E-state index in [1.165, 1.54) is 19.3 Å². The third-order valence-corrected chi connectivity index (χ3v) is 3.38. The molecule has 64 valence electrons. The molecule has 1 aliphatic carbocycles. The van der Waals surface area contributed by atoms with Crippen LogP contribution in [0.1, 0.15) is 19.3 Å². The molecule has 0 radical (unpaired) electrons. The van der Waals surface area contributed by atoms with Gasteiger partial charge in [0.2, 0.25) is 0 Å². The van der Waals surface area contributed by atoms with Gasteiger partial charge in [-0.2, -0.15) is 0 Å². The lowest BCUT2D eigenvalue weighted by Gasteiger charge is -2.25. The summed E-state index contributed by atoms with van der Waals surface area (Å²) in [5.74, 6) is 6.37. The highest BCUT2D eigenvalue weighted by atomic mass is 16.3. The van der Waals surface area contributed by atoms with Crippen LogP contribution in [0.15, 0.2) is 0 Å². The minimum absolute atomic E-state index is 0.175. The monoisotopic (exact) mass is 156 g/mol. The van der Waals surface area contributed by atoms with Crippen molar-refractivity contribution in [3.05, 3.63) is 0 Å². The number of aliphatic hydroxyl groups is 1. The molecule has 0 aromatic rings. The van der Waals surface area contributed by atoms with Crippen LogP contribution in [0.3, 0.4) is 0 Å². The number of nitrogens with zero attached hydrogens (tertiary/aromatic N) is 1. The van der Waals surface area contributed by atoms with Crippen LogP contribution in [0.5, 0.6) is 0 Å². The number of rotatable bonds is 1. The van der Waals surface area contributed by atoms with Gasteiger partial charge in [0.15, 0.2) is 0 Å². The van der Waals surface area contributed by atoms with E-state index in [-0.39, 0.29) is 5.41 Å². The van der Waals surface area contributed by atoms with Crippen LogP contribution in [-0.2, 0) is 0 Å². The molecule has 3 heteroatoms. The molecule has 0 aromatic heterocycles. The van der Waals surface area contributed by atoms with E-state index in [0.717, 1.165) is 13.1 Å². The Kier molecular flexibility index (Phi) is 1.67. The molecule has 0 unspecified atom stereocenters.